The summed E-state index contributed by atoms with van der Waals surface area (Å²) in [5, 5.41) is 3.26. The zero-order chi connectivity index (χ0) is 15.4. The Bertz CT molecular complexity index is 736. The van der Waals surface area contributed by atoms with E-state index in [9.17, 15) is 8.76 Å². The summed E-state index contributed by atoms with van der Waals surface area (Å²) in [6.07, 6.45) is 0. The average molecular weight is 326 g/mol. The van der Waals surface area contributed by atoms with Crippen LogP contribution in [-0.4, -0.2) is 8.76 Å². The van der Waals surface area contributed by atoms with E-state index in [1.165, 1.54) is 10.6 Å². The first-order valence-electron chi connectivity index (χ1n) is 6.87. The van der Waals surface area contributed by atoms with Gasteiger partial charge in [0.2, 0.25) is 0 Å². The van der Waals surface area contributed by atoms with Gasteiger partial charge in [-0.05, 0) is 24.6 Å². The van der Waals surface area contributed by atoms with Crippen LogP contribution in [0, 0.1) is 0 Å². The van der Waals surface area contributed by atoms with Crippen molar-refractivity contribution in [1.29, 1.82) is 0 Å². The van der Waals surface area contributed by atoms with Crippen LogP contribution in [0.5, 0.6) is 0 Å². The first kappa shape index (κ1) is 15.1. The maximum atomic E-state index is 11.7. The lowest BCUT2D eigenvalue weighted by molar-refractivity contribution is 0.565. The van der Waals surface area contributed by atoms with E-state index in [0.717, 1.165) is 5.30 Å². The molecule has 4 heteroatoms. The summed E-state index contributed by atoms with van der Waals surface area (Å²) in [6.45, 7) is 0. The molecule has 0 aliphatic carbocycles. The molecule has 0 aromatic heterocycles. The molecule has 0 bridgehead atoms. The predicted octanol–water partition coefficient (Wildman–Crippen LogP) is 3.03. The first-order chi connectivity index (χ1) is 10.8. The van der Waals surface area contributed by atoms with Gasteiger partial charge in [-0.25, -0.2) is 4.21 Å². The third-order valence-corrected chi connectivity index (χ3v) is 6.71. The van der Waals surface area contributed by atoms with E-state index in [4.69, 9.17) is 0 Å². The van der Waals surface area contributed by atoms with Crippen LogP contribution in [0.1, 0.15) is 0 Å². The van der Waals surface area contributed by atoms with Gasteiger partial charge in [-0.1, -0.05) is 78.9 Å². The molecule has 0 aliphatic rings. The summed E-state index contributed by atoms with van der Waals surface area (Å²) >= 11 is -1.99. The van der Waals surface area contributed by atoms with E-state index in [0.29, 0.717) is 4.90 Å². The molecule has 1 unspecified atom stereocenters. The van der Waals surface area contributed by atoms with Crippen molar-refractivity contribution in [2.75, 3.05) is 0 Å². The average Bonchev–Trinajstić information content (AvgIpc) is 2.57. The highest BCUT2D eigenvalue weighted by Crippen LogP contribution is 2.34. The van der Waals surface area contributed by atoms with E-state index in [1.807, 2.05) is 48.5 Å². The zero-order valence-electron chi connectivity index (χ0n) is 11.8. The van der Waals surface area contributed by atoms with Gasteiger partial charge < -0.3 is 4.55 Å². The minimum Gasteiger partial charge on any atom is -0.302 e. The van der Waals surface area contributed by atoms with Crippen LogP contribution in [0.25, 0.3) is 0 Å². The molecule has 1 N–H and O–H groups in total. The van der Waals surface area contributed by atoms with Crippen LogP contribution < -0.4 is 15.9 Å². The lowest BCUT2D eigenvalue weighted by Crippen LogP contribution is -2.23. The summed E-state index contributed by atoms with van der Waals surface area (Å²) in [4.78, 5) is 0.487. The Labute approximate surface area is 133 Å². The van der Waals surface area contributed by atoms with Crippen molar-refractivity contribution in [3.05, 3.63) is 84.9 Å². The Kier molecular flexibility index (Phi) is 4.79. The highest BCUT2D eigenvalue weighted by molar-refractivity contribution is 7.83. The normalized spacial score (nSPS) is 12.3. The van der Waals surface area contributed by atoms with Gasteiger partial charge in [0.15, 0.2) is 11.1 Å². The highest BCUT2D eigenvalue weighted by atomic mass is 32.2. The van der Waals surface area contributed by atoms with Crippen molar-refractivity contribution in [1.82, 2.24) is 0 Å². The maximum absolute atomic E-state index is 11.7. The fourth-order valence-corrected chi connectivity index (χ4v) is 5.65. The van der Waals surface area contributed by atoms with Crippen molar-refractivity contribution in [2.24, 2.45) is 0 Å². The lowest BCUT2D eigenvalue weighted by Gasteiger charge is -2.21. The highest BCUT2D eigenvalue weighted by Gasteiger charge is 2.20. The molecule has 110 valence electrons. The van der Waals surface area contributed by atoms with Crippen molar-refractivity contribution in [2.45, 2.75) is 4.90 Å². The summed E-state index contributed by atoms with van der Waals surface area (Å²) in [5.41, 5.74) is 0. The van der Waals surface area contributed by atoms with Crippen molar-refractivity contribution < 1.29 is 8.76 Å². The standard InChI is InChI=1S/C18H15O2PS/c19-22(20)18-14-8-7-13-17(18)21(15-9-3-1-4-10-15)16-11-5-2-6-12-16/h1-14H,(H,19,20). The molecule has 2 nitrogen and oxygen atoms in total. The van der Waals surface area contributed by atoms with Gasteiger partial charge in [-0.15, -0.1) is 0 Å². The van der Waals surface area contributed by atoms with Crippen molar-refractivity contribution in [3.63, 3.8) is 0 Å². The number of hydrogen-bond donors (Lipinski definition) is 1. The predicted molar refractivity (Wildman–Crippen MR) is 94.2 cm³/mol. The summed E-state index contributed by atoms with van der Waals surface area (Å²) in [7, 11) is -0.852. The van der Waals surface area contributed by atoms with Crippen molar-refractivity contribution in [3.8, 4) is 0 Å². The second-order valence-corrected chi connectivity index (χ2v) is 7.85. The van der Waals surface area contributed by atoms with E-state index in [1.54, 1.807) is 12.1 Å². The summed E-state index contributed by atoms with van der Waals surface area (Å²) < 4.78 is 21.3. The molecular formula is C18H15O2PS. The Balaban J connectivity index is 2.21. The molecule has 3 rings (SSSR count). The molecule has 0 amide bonds. The Morgan fingerprint density at radius 2 is 1.14 bits per heavy atom. The lowest BCUT2D eigenvalue weighted by atomic mass is 10.3. The van der Waals surface area contributed by atoms with Gasteiger partial charge >= 0.3 is 0 Å². The van der Waals surface area contributed by atoms with Gasteiger partial charge in [-0.3, -0.25) is 0 Å². The van der Waals surface area contributed by atoms with Crippen LogP contribution in [0.4, 0.5) is 0 Å². The Hall–Kier alpha value is -1.80. The third kappa shape index (κ3) is 3.17. The molecule has 0 saturated carbocycles. The van der Waals surface area contributed by atoms with Crippen LogP contribution in [0.3, 0.4) is 0 Å². The number of benzene rings is 3. The van der Waals surface area contributed by atoms with Gasteiger partial charge in [0, 0.05) is 5.30 Å². The van der Waals surface area contributed by atoms with Crippen LogP contribution in [0.15, 0.2) is 89.8 Å². The molecule has 1 atom stereocenters. The van der Waals surface area contributed by atoms with Crippen LogP contribution in [0.2, 0.25) is 0 Å². The largest absolute Gasteiger partial charge is 0.302 e. The number of hydrogen-bond acceptors (Lipinski definition) is 1. The molecule has 0 radical (unpaired) electrons. The molecule has 0 fully saturated rings. The minimum absolute atomic E-state index is 0.487. The van der Waals surface area contributed by atoms with E-state index in [-0.39, 0.29) is 0 Å². The van der Waals surface area contributed by atoms with E-state index < -0.39 is 19.0 Å². The fourth-order valence-electron chi connectivity index (χ4n) is 2.37. The van der Waals surface area contributed by atoms with Crippen molar-refractivity contribution >= 4 is 34.9 Å². The SMILES string of the molecule is O=S(O)c1ccccc1P(c1ccccc1)c1ccccc1. The molecule has 0 aliphatic heterocycles. The van der Waals surface area contributed by atoms with E-state index in [2.05, 4.69) is 24.3 Å². The second kappa shape index (κ2) is 6.97. The summed E-state index contributed by atoms with van der Waals surface area (Å²) in [6, 6.07) is 27.7. The topological polar surface area (TPSA) is 37.3 Å². The maximum Gasteiger partial charge on any atom is 0.187 e. The molecule has 0 saturated heterocycles. The second-order valence-electron chi connectivity index (χ2n) is 4.72. The molecule has 0 spiro atoms. The quantitative estimate of drug-likeness (QED) is 0.591. The fraction of sp³-hybridized carbons (Fsp3) is 0. The first-order valence-corrected chi connectivity index (χ1v) is 9.32. The minimum atomic E-state index is -1.99. The summed E-state index contributed by atoms with van der Waals surface area (Å²) in [5.74, 6) is 0. The molecule has 3 aromatic carbocycles. The monoisotopic (exact) mass is 326 g/mol. The number of rotatable bonds is 4. The van der Waals surface area contributed by atoms with E-state index >= 15 is 0 Å². The van der Waals surface area contributed by atoms with Gasteiger partial charge in [0.05, 0.1) is 4.90 Å². The molecule has 0 heterocycles. The van der Waals surface area contributed by atoms with Gasteiger partial charge in [0.25, 0.3) is 0 Å². The Morgan fingerprint density at radius 3 is 1.64 bits per heavy atom. The Morgan fingerprint density at radius 1 is 0.682 bits per heavy atom. The molecule has 22 heavy (non-hydrogen) atoms. The third-order valence-electron chi connectivity index (χ3n) is 3.32. The smallest absolute Gasteiger partial charge is 0.187 e. The van der Waals surface area contributed by atoms with Gasteiger partial charge in [-0.2, -0.15) is 0 Å². The molecular weight excluding hydrogens is 311 g/mol. The zero-order valence-corrected chi connectivity index (χ0v) is 13.5. The van der Waals surface area contributed by atoms with Crippen LogP contribution in [-0.2, 0) is 11.1 Å². The van der Waals surface area contributed by atoms with Crippen LogP contribution >= 0.6 is 7.92 Å². The molecule has 3 aromatic rings. The van der Waals surface area contributed by atoms with Gasteiger partial charge in [0.1, 0.15) is 0 Å².